The fourth-order valence-corrected chi connectivity index (χ4v) is 3.84. The highest BCUT2D eigenvalue weighted by Gasteiger charge is 2.25. The largest absolute Gasteiger partial charge is 0.348 e. The van der Waals surface area contributed by atoms with Crippen LogP contribution in [0.3, 0.4) is 0 Å². The summed E-state index contributed by atoms with van der Waals surface area (Å²) < 4.78 is 1.73. The van der Waals surface area contributed by atoms with Crippen molar-refractivity contribution in [3.8, 4) is 5.69 Å². The molecule has 0 saturated heterocycles. The van der Waals surface area contributed by atoms with Gasteiger partial charge in [-0.2, -0.15) is 5.10 Å². The second-order valence-electron chi connectivity index (χ2n) is 6.75. The molecule has 1 aliphatic carbocycles. The highest BCUT2D eigenvalue weighted by Crippen LogP contribution is 2.26. The van der Waals surface area contributed by atoms with Crippen molar-refractivity contribution in [2.75, 3.05) is 6.54 Å². The van der Waals surface area contributed by atoms with E-state index in [-0.39, 0.29) is 11.9 Å². The summed E-state index contributed by atoms with van der Waals surface area (Å²) in [6.07, 6.45) is 7.63. The maximum Gasteiger partial charge on any atom is 0.255 e. The summed E-state index contributed by atoms with van der Waals surface area (Å²) in [6.45, 7) is 2.36. The first-order chi connectivity index (χ1) is 12.1. The minimum absolute atomic E-state index is 0.0294. The van der Waals surface area contributed by atoms with Crippen LogP contribution in [-0.2, 0) is 0 Å². The quantitative estimate of drug-likeness (QED) is 0.857. The molecule has 1 saturated carbocycles. The zero-order valence-corrected chi connectivity index (χ0v) is 15.3. The lowest BCUT2D eigenvalue weighted by Crippen LogP contribution is -2.46. The third-order valence-corrected chi connectivity index (χ3v) is 5.33. The zero-order valence-electron chi connectivity index (χ0n) is 14.5. The van der Waals surface area contributed by atoms with Gasteiger partial charge >= 0.3 is 0 Å². The van der Waals surface area contributed by atoms with Crippen LogP contribution in [-0.4, -0.2) is 28.3 Å². The number of hydrogen-bond donors (Lipinski definition) is 2. The van der Waals surface area contributed by atoms with Gasteiger partial charge in [-0.3, -0.25) is 4.79 Å². The fourth-order valence-electron chi connectivity index (χ4n) is 3.65. The van der Waals surface area contributed by atoms with Crippen molar-refractivity contribution < 1.29 is 4.79 Å². The third kappa shape index (κ3) is 4.05. The summed E-state index contributed by atoms with van der Waals surface area (Å²) in [6, 6.07) is 7.45. The normalized spacial score (nSPS) is 16.6. The van der Waals surface area contributed by atoms with E-state index in [0.29, 0.717) is 23.0 Å². The Morgan fingerprint density at radius 2 is 2.16 bits per heavy atom. The maximum absolute atomic E-state index is 12.7. The molecule has 1 aliphatic rings. The third-order valence-electron chi connectivity index (χ3n) is 5.10. The molecule has 3 rings (SSSR count). The van der Waals surface area contributed by atoms with E-state index in [9.17, 15) is 4.79 Å². The summed E-state index contributed by atoms with van der Waals surface area (Å²) in [5.41, 5.74) is 8.14. The van der Waals surface area contributed by atoms with E-state index in [1.807, 2.05) is 31.2 Å². The second-order valence-corrected chi connectivity index (χ2v) is 7.19. The summed E-state index contributed by atoms with van der Waals surface area (Å²) in [7, 11) is 0. The first-order valence-electron chi connectivity index (χ1n) is 8.91. The Kier molecular flexibility index (Phi) is 5.76. The van der Waals surface area contributed by atoms with E-state index in [0.717, 1.165) is 24.2 Å². The van der Waals surface area contributed by atoms with Crippen molar-refractivity contribution in [2.45, 2.75) is 45.1 Å². The molecule has 6 heteroatoms. The first kappa shape index (κ1) is 18.0. The summed E-state index contributed by atoms with van der Waals surface area (Å²) in [5, 5.41) is 8.12. The molecule has 25 heavy (non-hydrogen) atoms. The van der Waals surface area contributed by atoms with Crippen LogP contribution in [0.1, 0.15) is 48.2 Å². The smallest absolute Gasteiger partial charge is 0.255 e. The second kappa shape index (κ2) is 8.02. The molecule has 0 spiro atoms. The Morgan fingerprint density at radius 1 is 1.40 bits per heavy atom. The van der Waals surface area contributed by atoms with Gasteiger partial charge in [-0.05, 0) is 43.9 Å². The standard InChI is InChI=1S/C19H25ClN4O/c1-13-17(12-22-24(13)16-9-5-8-15(20)10-16)19(25)23-18(11-21)14-6-3-2-4-7-14/h5,8-10,12,14,18H,2-4,6-7,11,21H2,1H3,(H,23,25). The van der Waals surface area contributed by atoms with Crippen molar-refractivity contribution in [2.24, 2.45) is 11.7 Å². The molecule has 1 atom stereocenters. The number of benzene rings is 1. The van der Waals surface area contributed by atoms with Gasteiger partial charge < -0.3 is 11.1 Å². The van der Waals surface area contributed by atoms with Gasteiger partial charge in [0.1, 0.15) is 0 Å². The monoisotopic (exact) mass is 360 g/mol. The number of nitrogens with two attached hydrogens (primary N) is 1. The van der Waals surface area contributed by atoms with Gasteiger partial charge in [-0.25, -0.2) is 4.68 Å². The van der Waals surface area contributed by atoms with E-state index in [2.05, 4.69) is 10.4 Å². The van der Waals surface area contributed by atoms with Crippen LogP contribution < -0.4 is 11.1 Å². The van der Waals surface area contributed by atoms with Gasteiger partial charge in [-0.1, -0.05) is 36.9 Å². The van der Waals surface area contributed by atoms with Gasteiger partial charge in [0.25, 0.3) is 5.91 Å². The van der Waals surface area contributed by atoms with Gasteiger partial charge in [0.15, 0.2) is 0 Å². The Hall–Kier alpha value is -1.85. The van der Waals surface area contributed by atoms with Gasteiger partial charge in [0.05, 0.1) is 23.1 Å². The Morgan fingerprint density at radius 3 is 2.84 bits per heavy atom. The predicted molar refractivity (Wildman–Crippen MR) is 100 cm³/mol. The minimum Gasteiger partial charge on any atom is -0.348 e. The number of hydrogen-bond acceptors (Lipinski definition) is 3. The molecule has 134 valence electrons. The molecule has 5 nitrogen and oxygen atoms in total. The first-order valence-corrected chi connectivity index (χ1v) is 9.29. The molecular formula is C19H25ClN4O. The van der Waals surface area contributed by atoms with E-state index < -0.39 is 0 Å². The molecule has 1 heterocycles. The van der Waals surface area contributed by atoms with Crippen LogP contribution in [0.25, 0.3) is 5.69 Å². The number of halogens is 1. The highest BCUT2D eigenvalue weighted by atomic mass is 35.5. The molecule has 2 aromatic rings. The fraction of sp³-hybridized carbons (Fsp3) is 0.474. The molecule has 0 bridgehead atoms. The van der Waals surface area contributed by atoms with Crippen molar-refractivity contribution in [3.05, 3.63) is 46.7 Å². The van der Waals surface area contributed by atoms with Gasteiger partial charge in [-0.15, -0.1) is 0 Å². The van der Waals surface area contributed by atoms with Gasteiger partial charge in [0.2, 0.25) is 0 Å². The Balaban J connectivity index is 1.76. The molecule has 1 aromatic carbocycles. The van der Waals surface area contributed by atoms with Crippen molar-refractivity contribution in [1.29, 1.82) is 0 Å². The SMILES string of the molecule is Cc1c(C(=O)NC(CN)C2CCCCC2)cnn1-c1cccc(Cl)c1. The molecular weight excluding hydrogens is 336 g/mol. The van der Waals surface area contributed by atoms with Crippen LogP contribution in [0.5, 0.6) is 0 Å². The molecule has 0 aliphatic heterocycles. The molecule has 3 N–H and O–H groups in total. The number of rotatable bonds is 5. The van der Waals surface area contributed by atoms with Crippen LogP contribution in [0.4, 0.5) is 0 Å². The number of carbonyl (C=O) groups is 1. The van der Waals surface area contributed by atoms with E-state index in [4.69, 9.17) is 17.3 Å². The average molecular weight is 361 g/mol. The molecule has 1 aromatic heterocycles. The molecule has 1 amide bonds. The number of nitrogens with one attached hydrogen (secondary N) is 1. The number of carbonyl (C=O) groups excluding carboxylic acids is 1. The lowest BCUT2D eigenvalue weighted by atomic mass is 9.84. The van der Waals surface area contributed by atoms with Crippen LogP contribution in [0.15, 0.2) is 30.5 Å². The Bertz CT molecular complexity index is 737. The summed E-state index contributed by atoms with van der Waals surface area (Å²) in [5.74, 6) is 0.373. The van der Waals surface area contributed by atoms with Crippen molar-refractivity contribution in [3.63, 3.8) is 0 Å². The zero-order chi connectivity index (χ0) is 17.8. The summed E-state index contributed by atoms with van der Waals surface area (Å²) in [4.78, 5) is 12.7. The molecule has 1 fully saturated rings. The maximum atomic E-state index is 12.7. The lowest BCUT2D eigenvalue weighted by Gasteiger charge is -2.30. The number of aromatic nitrogens is 2. The lowest BCUT2D eigenvalue weighted by molar-refractivity contribution is 0.0915. The number of amides is 1. The van der Waals surface area contributed by atoms with Crippen molar-refractivity contribution in [1.82, 2.24) is 15.1 Å². The Labute approximate surface area is 153 Å². The van der Waals surface area contributed by atoms with Crippen LogP contribution in [0, 0.1) is 12.8 Å². The predicted octanol–water partition coefficient (Wildman–Crippen LogP) is 3.47. The van der Waals surface area contributed by atoms with E-state index in [1.165, 1.54) is 19.3 Å². The average Bonchev–Trinajstić information content (AvgIpc) is 3.02. The van der Waals surface area contributed by atoms with E-state index in [1.54, 1.807) is 10.9 Å². The molecule has 1 unspecified atom stereocenters. The van der Waals surface area contributed by atoms with Crippen LogP contribution >= 0.6 is 11.6 Å². The van der Waals surface area contributed by atoms with Crippen LogP contribution in [0.2, 0.25) is 5.02 Å². The topological polar surface area (TPSA) is 72.9 Å². The molecule has 0 radical (unpaired) electrons. The summed E-state index contributed by atoms with van der Waals surface area (Å²) >= 11 is 6.06. The minimum atomic E-state index is -0.105. The van der Waals surface area contributed by atoms with Gasteiger partial charge in [0, 0.05) is 17.6 Å². The van der Waals surface area contributed by atoms with Crippen molar-refractivity contribution >= 4 is 17.5 Å². The number of nitrogens with zero attached hydrogens (tertiary/aromatic N) is 2. The highest BCUT2D eigenvalue weighted by molar-refractivity contribution is 6.30. The van der Waals surface area contributed by atoms with E-state index >= 15 is 0 Å².